The van der Waals surface area contributed by atoms with E-state index in [2.05, 4.69) is 32.0 Å². The Morgan fingerprint density at radius 1 is 1.13 bits per heavy atom. The van der Waals surface area contributed by atoms with Gasteiger partial charge in [-0.15, -0.1) is 0 Å². The molecule has 0 spiro atoms. The fraction of sp³-hybridized carbons (Fsp3) is 0.412. The lowest BCUT2D eigenvalue weighted by Gasteiger charge is -2.34. The van der Waals surface area contributed by atoms with Gasteiger partial charge in [-0.1, -0.05) is 24.6 Å². The van der Waals surface area contributed by atoms with Crippen molar-refractivity contribution >= 4 is 28.9 Å². The van der Waals surface area contributed by atoms with Crippen molar-refractivity contribution in [1.29, 1.82) is 0 Å². The maximum Gasteiger partial charge on any atom is 0.136 e. The summed E-state index contributed by atoms with van der Waals surface area (Å²) in [5.41, 5.74) is 0.928. The molecule has 0 bridgehead atoms. The first-order valence-corrected chi connectivity index (χ1v) is 8.37. The molecule has 0 aliphatic carbocycles. The zero-order valence-electron chi connectivity index (χ0n) is 13.6. The number of rotatable bonds is 4. The second kappa shape index (κ2) is 7.15. The Morgan fingerprint density at radius 2 is 1.91 bits per heavy atom. The van der Waals surface area contributed by atoms with Crippen molar-refractivity contribution in [2.24, 2.45) is 0 Å². The number of nitrogens with one attached hydrogen (secondary N) is 1. The number of nitrogens with zero attached hydrogens (tertiary/aromatic N) is 4. The Kier molecular flexibility index (Phi) is 4.98. The first-order valence-electron chi connectivity index (χ1n) is 7.99. The van der Waals surface area contributed by atoms with Gasteiger partial charge in [-0.25, -0.2) is 9.97 Å². The van der Waals surface area contributed by atoms with Crippen LogP contribution in [-0.4, -0.2) is 47.6 Å². The third-order valence-electron chi connectivity index (χ3n) is 4.06. The quantitative estimate of drug-likeness (QED) is 0.931. The van der Waals surface area contributed by atoms with Crippen LogP contribution in [0.15, 0.2) is 30.3 Å². The molecule has 0 amide bonds. The van der Waals surface area contributed by atoms with E-state index >= 15 is 0 Å². The average Bonchev–Trinajstić information content (AvgIpc) is 2.54. The molecule has 1 aliphatic rings. The Labute approximate surface area is 142 Å². The average molecular weight is 332 g/mol. The number of halogens is 1. The molecule has 23 heavy (non-hydrogen) atoms. The predicted octanol–water partition coefficient (Wildman–Crippen LogP) is 3.32. The van der Waals surface area contributed by atoms with Crippen LogP contribution < -0.4 is 10.2 Å². The fourth-order valence-corrected chi connectivity index (χ4v) is 2.98. The van der Waals surface area contributed by atoms with E-state index in [9.17, 15) is 0 Å². The second-order valence-corrected chi connectivity index (χ2v) is 6.15. The van der Waals surface area contributed by atoms with Crippen molar-refractivity contribution in [3.63, 3.8) is 0 Å². The molecule has 1 N–H and O–H groups in total. The third kappa shape index (κ3) is 4.12. The zero-order valence-corrected chi connectivity index (χ0v) is 14.3. The van der Waals surface area contributed by atoms with Gasteiger partial charge in [0.05, 0.1) is 0 Å². The lowest BCUT2D eigenvalue weighted by Crippen LogP contribution is -2.46. The molecule has 1 aliphatic heterocycles. The molecular formula is C17H22ClN5. The largest absolute Gasteiger partial charge is 0.354 e. The van der Waals surface area contributed by atoms with Gasteiger partial charge in [0.1, 0.15) is 17.5 Å². The molecule has 6 heteroatoms. The normalized spacial score (nSPS) is 15.7. The van der Waals surface area contributed by atoms with Crippen molar-refractivity contribution in [2.75, 3.05) is 42.9 Å². The summed E-state index contributed by atoms with van der Waals surface area (Å²) < 4.78 is 0. The molecule has 0 unspecified atom stereocenters. The zero-order chi connectivity index (χ0) is 16.2. The lowest BCUT2D eigenvalue weighted by atomic mass is 10.3. The highest BCUT2D eigenvalue weighted by molar-refractivity contribution is 6.30. The van der Waals surface area contributed by atoms with Crippen LogP contribution in [0.5, 0.6) is 0 Å². The van der Waals surface area contributed by atoms with Crippen molar-refractivity contribution < 1.29 is 0 Å². The molecule has 1 fully saturated rings. The fourth-order valence-electron chi connectivity index (χ4n) is 2.79. The van der Waals surface area contributed by atoms with Crippen LogP contribution in [0.1, 0.15) is 12.7 Å². The molecule has 2 heterocycles. The molecule has 122 valence electrons. The van der Waals surface area contributed by atoms with Crippen molar-refractivity contribution in [1.82, 2.24) is 14.9 Å². The van der Waals surface area contributed by atoms with Crippen molar-refractivity contribution in [3.8, 4) is 0 Å². The summed E-state index contributed by atoms with van der Waals surface area (Å²) in [6, 6.07) is 9.65. The Morgan fingerprint density at radius 3 is 2.61 bits per heavy atom. The van der Waals surface area contributed by atoms with Gasteiger partial charge in [-0.05, 0) is 31.7 Å². The minimum absolute atomic E-state index is 0.705. The van der Waals surface area contributed by atoms with Gasteiger partial charge in [0.2, 0.25) is 0 Å². The predicted molar refractivity (Wildman–Crippen MR) is 95.8 cm³/mol. The number of benzene rings is 1. The molecule has 0 atom stereocenters. The van der Waals surface area contributed by atoms with E-state index < -0.39 is 0 Å². The van der Waals surface area contributed by atoms with Gasteiger partial charge in [0.25, 0.3) is 0 Å². The highest BCUT2D eigenvalue weighted by atomic mass is 35.5. The van der Waals surface area contributed by atoms with E-state index in [-0.39, 0.29) is 0 Å². The van der Waals surface area contributed by atoms with E-state index in [1.54, 1.807) is 0 Å². The summed E-state index contributed by atoms with van der Waals surface area (Å²) >= 11 is 6.04. The first kappa shape index (κ1) is 16.0. The number of anilines is 3. The summed E-state index contributed by atoms with van der Waals surface area (Å²) in [5, 5.41) is 4.02. The summed E-state index contributed by atoms with van der Waals surface area (Å²) in [6.07, 6.45) is 0. The third-order valence-corrected chi connectivity index (χ3v) is 4.30. The molecular weight excluding hydrogens is 310 g/mol. The van der Waals surface area contributed by atoms with E-state index in [0.717, 1.165) is 55.9 Å². The monoisotopic (exact) mass is 331 g/mol. The summed E-state index contributed by atoms with van der Waals surface area (Å²) in [4.78, 5) is 13.9. The van der Waals surface area contributed by atoms with Crippen LogP contribution in [-0.2, 0) is 0 Å². The summed E-state index contributed by atoms with van der Waals surface area (Å²) in [7, 11) is 0. The first-order chi connectivity index (χ1) is 11.1. The molecule has 1 saturated heterocycles. The Bertz CT molecular complexity index is 668. The smallest absolute Gasteiger partial charge is 0.136 e. The second-order valence-electron chi connectivity index (χ2n) is 5.72. The van der Waals surface area contributed by atoms with Gasteiger partial charge < -0.3 is 15.1 Å². The lowest BCUT2D eigenvalue weighted by molar-refractivity contribution is 0.270. The van der Waals surface area contributed by atoms with Crippen molar-refractivity contribution in [3.05, 3.63) is 41.2 Å². The van der Waals surface area contributed by atoms with Gasteiger partial charge in [-0.3, -0.25) is 0 Å². The van der Waals surface area contributed by atoms with Crippen LogP contribution in [0, 0.1) is 6.92 Å². The van der Waals surface area contributed by atoms with E-state index in [1.165, 1.54) is 0 Å². The van der Waals surface area contributed by atoms with E-state index in [1.807, 2.05) is 37.3 Å². The molecule has 0 saturated carbocycles. The minimum atomic E-state index is 0.705. The molecule has 2 aromatic rings. The molecule has 1 aromatic carbocycles. The van der Waals surface area contributed by atoms with Gasteiger partial charge in [0, 0.05) is 43.0 Å². The Balaban J connectivity index is 1.77. The molecule has 3 rings (SSSR count). The minimum Gasteiger partial charge on any atom is -0.354 e. The summed E-state index contributed by atoms with van der Waals surface area (Å²) in [5.74, 6) is 2.55. The van der Waals surface area contributed by atoms with Crippen LogP contribution in [0.4, 0.5) is 17.3 Å². The highest BCUT2D eigenvalue weighted by Gasteiger charge is 2.17. The molecule has 1 aromatic heterocycles. The van der Waals surface area contributed by atoms with Gasteiger partial charge >= 0.3 is 0 Å². The highest BCUT2D eigenvalue weighted by Crippen LogP contribution is 2.22. The van der Waals surface area contributed by atoms with Crippen LogP contribution in [0.2, 0.25) is 5.02 Å². The number of aryl methyl sites for hydroxylation is 1. The van der Waals surface area contributed by atoms with Crippen LogP contribution in [0.3, 0.4) is 0 Å². The molecule has 0 radical (unpaired) electrons. The maximum absolute atomic E-state index is 6.04. The number of likely N-dealkylation sites (N-methyl/N-ethyl adjacent to an activating group) is 1. The molecule has 5 nitrogen and oxygen atoms in total. The maximum atomic E-state index is 6.04. The van der Waals surface area contributed by atoms with E-state index in [4.69, 9.17) is 11.6 Å². The van der Waals surface area contributed by atoms with Crippen LogP contribution in [0.25, 0.3) is 0 Å². The van der Waals surface area contributed by atoms with Gasteiger partial charge in [-0.2, -0.15) is 0 Å². The SMILES string of the molecule is CCN1CCN(c2cc(Nc3cccc(Cl)c3)nc(C)n2)CC1. The van der Waals surface area contributed by atoms with Crippen molar-refractivity contribution in [2.45, 2.75) is 13.8 Å². The van der Waals surface area contributed by atoms with Gasteiger partial charge in [0.15, 0.2) is 0 Å². The summed E-state index contributed by atoms with van der Waals surface area (Å²) in [6.45, 7) is 9.40. The number of hydrogen-bond acceptors (Lipinski definition) is 5. The number of piperazine rings is 1. The Hall–Kier alpha value is -1.85. The number of hydrogen-bond donors (Lipinski definition) is 1. The number of aromatic nitrogens is 2. The van der Waals surface area contributed by atoms with E-state index in [0.29, 0.717) is 5.02 Å². The topological polar surface area (TPSA) is 44.3 Å². The van der Waals surface area contributed by atoms with Crippen LogP contribution >= 0.6 is 11.6 Å². The standard InChI is InChI=1S/C17H22ClN5/c1-3-22-7-9-23(10-8-22)17-12-16(19-13(2)20-17)21-15-6-4-5-14(18)11-15/h4-6,11-12H,3,7-10H2,1-2H3,(H,19,20,21).